The Morgan fingerprint density at radius 1 is 1.17 bits per heavy atom. The predicted octanol–water partition coefficient (Wildman–Crippen LogP) is 3.22. The molecule has 0 aromatic carbocycles. The molecule has 0 saturated heterocycles. The number of hydrogen-bond acceptors (Lipinski definition) is 1. The Bertz CT molecular complexity index is 130. The second-order valence-corrected chi connectivity index (χ2v) is 5.24. The number of hydrogen-bond donors (Lipinski definition) is 1. The first-order chi connectivity index (χ1) is 5.20. The smallest absolute Gasteiger partial charge is 0.0670 e. The summed E-state index contributed by atoms with van der Waals surface area (Å²) in [5, 5.41) is 10.2. The van der Waals surface area contributed by atoms with E-state index < -0.39 is 5.60 Å². The van der Waals surface area contributed by atoms with Gasteiger partial charge in [0.05, 0.1) is 5.60 Å². The average molecular weight is 172 g/mol. The van der Waals surface area contributed by atoms with Crippen LogP contribution in [-0.4, -0.2) is 10.7 Å². The van der Waals surface area contributed by atoms with Crippen molar-refractivity contribution in [2.45, 2.75) is 60.0 Å². The zero-order valence-corrected chi connectivity index (χ0v) is 9.44. The van der Waals surface area contributed by atoms with Crippen molar-refractivity contribution in [2.24, 2.45) is 11.3 Å². The van der Waals surface area contributed by atoms with Crippen LogP contribution >= 0.6 is 0 Å². The molecule has 12 heavy (non-hydrogen) atoms. The van der Waals surface area contributed by atoms with E-state index in [4.69, 9.17) is 0 Å². The van der Waals surface area contributed by atoms with Crippen molar-refractivity contribution in [2.75, 3.05) is 0 Å². The summed E-state index contributed by atoms with van der Waals surface area (Å²) in [6.07, 6.45) is 2.04. The molecule has 0 fully saturated rings. The minimum Gasteiger partial charge on any atom is -0.390 e. The van der Waals surface area contributed by atoms with Gasteiger partial charge in [0.1, 0.15) is 0 Å². The lowest BCUT2D eigenvalue weighted by molar-refractivity contribution is -0.0584. The number of rotatable bonds is 3. The van der Waals surface area contributed by atoms with E-state index in [9.17, 15) is 5.11 Å². The maximum Gasteiger partial charge on any atom is 0.0670 e. The molecule has 0 spiro atoms. The Kier molecular flexibility index (Phi) is 3.77. The highest BCUT2D eigenvalue weighted by atomic mass is 16.3. The highest BCUT2D eigenvalue weighted by Gasteiger charge is 2.35. The molecule has 0 aromatic heterocycles. The van der Waals surface area contributed by atoms with Gasteiger partial charge in [0, 0.05) is 0 Å². The van der Waals surface area contributed by atoms with Crippen LogP contribution in [0.1, 0.15) is 54.4 Å². The first-order valence-corrected chi connectivity index (χ1v) is 4.93. The highest BCUT2D eigenvalue weighted by Crippen LogP contribution is 2.35. The van der Waals surface area contributed by atoms with Crippen LogP contribution in [-0.2, 0) is 0 Å². The Morgan fingerprint density at radius 2 is 1.58 bits per heavy atom. The summed E-state index contributed by atoms with van der Waals surface area (Å²) in [5.74, 6) is 0.610. The standard InChI is InChI=1S/C11H24O/c1-7-9(2)8-11(6,12)10(3,4)5/h9,12H,7-8H2,1-6H3/t9-,11-/m1/s1. The van der Waals surface area contributed by atoms with Crippen molar-refractivity contribution in [1.82, 2.24) is 0 Å². The van der Waals surface area contributed by atoms with E-state index in [1.807, 2.05) is 6.92 Å². The van der Waals surface area contributed by atoms with Crippen molar-refractivity contribution in [3.63, 3.8) is 0 Å². The van der Waals surface area contributed by atoms with E-state index in [0.29, 0.717) is 5.92 Å². The molecule has 0 aromatic rings. The molecule has 0 saturated carbocycles. The molecule has 0 unspecified atom stereocenters. The molecular formula is C11H24O. The van der Waals surface area contributed by atoms with E-state index in [0.717, 1.165) is 12.8 Å². The molecule has 1 heteroatoms. The lowest BCUT2D eigenvalue weighted by atomic mass is 9.73. The summed E-state index contributed by atoms with van der Waals surface area (Å²) in [7, 11) is 0. The molecule has 0 aliphatic carbocycles. The van der Waals surface area contributed by atoms with Crippen molar-refractivity contribution in [3.05, 3.63) is 0 Å². The molecule has 2 atom stereocenters. The first kappa shape index (κ1) is 12.0. The molecule has 1 nitrogen and oxygen atoms in total. The summed E-state index contributed by atoms with van der Waals surface area (Å²) in [5.41, 5.74) is -0.557. The molecule has 0 radical (unpaired) electrons. The second-order valence-electron chi connectivity index (χ2n) is 5.24. The van der Waals surface area contributed by atoms with Crippen LogP contribution in [0.2, 0.25) is 0 Å². The molecule has 1 N–H and O–H groups in total. The topological polar surface area (TPSA) is 20.2 Å². The van der Waals surface area contributed by atoms with Crippen LogP contribution in [0.4, 0.5) is 0 Å². The third-order valence-corrected chi connectivity index (χ3v) is 3.06. The van der Waals surface area contributed by atoms with Crippen LogP contribution in [0.5, 0.6) is 0 Å². The molecule has 0 amide bonds. The summed E-state index contributed by atoms with van der Waals surface area (Å²) in [6.45, 7) is 12.6. The van der Waals surface area contributed by atoms with Crippen molar-refractivity contribution < 1.29 is 5.11 Å². The Morgan fingerprint density at radius 3 is 1.83 bits per heavy atom. The third-order valence-electron chi connectivity index (χ3n) is 3.06. The van der Waals surface area contributed by atoms with Crippen LogP contribution in [0.25, 0.3) is 0 Å². The van der Waals surface area contributed by atoms with Gasteiger partial charge in [0.15, 0.2) is 0 Å². The van der Waals surface area contributed by atoms with Crippen LogP contribution in [0.15, 0.2) is 0 Å². The van der Waals surface area contributed by atoms with E-state index in [-0.39, 0.29) is 5.41 Å². The maximum absolute atomic E-state index is 10.2. The largest absolute Gasteiger partial charge is 0.390 e. The van der Waals surface area contributed by atoms with Crippen molar-refractivity contribution in [3.8, 4) is 0 Å². The summed E-state index contributed by atoms with van der Waals surface area (Å²) in [6, 6.07) is 0. The maximum atomic E-state index is 10.2. The van der Waals surface area contributed by atoms with Gasteiger partial charge in [-0.3, -0.25) is 0 Å². The Balaban J connectivity index is 4.22. The van der Waals surface area contributed by atoms with Gasteiger partial charge in [0.2, 0.25) is 0 Å². The Hall–Kier alpha value is -0.0400. The Labute approximate surface area is 77.2 Å². The summed E-state index contributed by atoms with van der Waals surface area (Å²) in [4.78, 5) is 0. The summed E-state index contributed by atoms with van der Waals surface area (Å²) < 4.78 is 0. The van der Waals surface area contributed by atoms with Gasteiger partial charge < -0.3 is 5.11 Å². The molecule has 0 heterocycles. The van der Waals surface area contributed by atoms with Gasteiger partial charge in [-0.2, -0.15) is 0 Å². The molecular weight excluding hydrogens is 148 g/mol. The van der Waals surface area contributed by atoms with Crippen molar-refractivity contribution >= 4 is 0 Å². The molecule has 0 rings (SSSR count). The van der Waals surface area contributed by atoms with Crippen LogP contribution in [0.3, 0.4) is 0 Å². The van der Waals surface area contributed by atoms with E-state index in [2.05, 4.69) is 34.6 Å². The molecule has 0 aliphatic heterocycles. The third kappa shape index (κ3) is 3.14. The van der Waals surface area contributed by atoms with Crippen LogP contribution < -0.4 is 0 Å². The van der Waals surface area contributed by atoms with Crippen LogP contribution in [0, 0.1) is 11.3 Å². The first-order valence-electron chi connectivity index (χ1n) is 4.93. The fourth-order valence-electron chi connectivity index (χ4n) is 1.13. The predicted molar refractivity (Wildman–Crippen MR) is 54.2 cm³/mol. The normalized spacial score (nSPS) is 20.2. The van der Waals surface area contributed by atoms with Gasteiger partial charge in [-0.25, -0.2) is 0 Å². The lowest BCUT2D eigenvalue weighted by Crippen LogP contribution is -2.41. The van der Waals surface area contributed by atoms with Gasteiger partial charge in [-0.15, -0.1) is 0 Å². The van der Waals surface area contributed by atoms with E-state index >= 15 is 0 Å². The van der Waals surface area contributed by atoms with Gasteiger partial charge in [0.25, 0.3) is 0 Å². The quantitative estimate of drug-likeness (QED) is 0.693. The minimum atomic E-state index is -0.539. The lowest BCUT2D eigenvalue weighted by Gasteiger charge is -2.38. The van der Waals surface area contributed by atoms with Crippen molar-refractivity contribution in [1.29, 1.82) is 0 Å². The second kappa shape index (κ2) is 3.78. The zero-order valence-electron chi connectivity index (χ0n) is 9.44. The van der Waals surface area contributed by atoms with Gasteiger partial charge >= 0.3 is 0 Å². The minimum absolute atomic E-state index is 0.0174. The molecule has 0 aliphatic rings. The van der Waals surface area contributed by atoms with Gasteiger partial charge in [-0.05, 0) is 24.7 Å². The highest BCUT2D eigenvalue weighted by molar-refractivity contribution is 4.87. The van der Waals surface area contributed by atoms with E-state index in [1.165, 1.54) is 0 Å². The zero-order chi connectivity index (χ0) is 9.99. The SMILES string of the molecule is CC[C@@H](C)C[C@@](C)(O)C(C)(C)C. The number of aliphatic hydroxyl groups is 1. The fraction of sp³-hybridized carbons (Fsp3) is 1.00. The molecule has 74 valence electrons. The molecule has 0 bridgehead atoms. The average Bonchev–Trinajstić information content (AvgIpc) is 1.84. The monoisotopic (exact) mass is 172 g/mol. The summed E-state index contributed by atoms with van der Waals surface area (Å²) >= 11 is 0. The van der Waals surface area contributed by atoms with Gasteiger partial charge in [-0.1, -0.05) is 41.0 Å². The fourth-order valence-corrected chi connectivity index (χ4v) is 1.13. The van der Waals surface area contributed by atoms with E-state index in [1.54, 1.807) is 0 Å².